The molecule has 0 fully saturated rings. The van der Waals surface area contributed by atoms with E-state index in [1.807, 2.05) is 18.2 Å². The summed E-state index contributed by atoms with van der Waals surface area (Å²) in [5.74, 6) is 1.27. The zero-order valence-corrected chi connectivity index (χ0v) is 13.2. The van der Waals surface area contributed by atoms with Gasteiger partial charge in [0.1, 0.15) is 11.5 Å². The highest BCUT2D eigenvalue weighted by Crippen LogP contribution is 2.35. The molecule has 0 N–H and O–H groups in total. The lowest BCUT2D eigenvalue weighted by Gasteiger charge is -2.10. The molecule has 1 heterocycles. The van der Waals surface area contributed by atoms with Crippen LogP contribution in [0.1, 0.15) is 0 Å². The second-order valence-electron chi connectivity index (χ2n) is 4.15. The van der Waals surface area contributed by atoms with Crippen LogP contribution < -0.4 is 4.74 Å². The van der Waals surface area contributed by atoms with Crippen LogP contribution in [-0.2, 0) is 0 Å². The number of pyridine rings is 1. The molecule has 0 bridgehead atoms. The summed E-state index contributed by atoms with van der Waals surface area (Å²) in [6.07, 6.45) is 1.68. The standard InChI is InChI=1S/C15H8BrCl2NO/c16-9-1-4-12(18)15(7-9)20-14-5-6-19-13-8-10(17)2-3-11(13)14/h1-8H. The van der Waals surface area contributed by atoms with Gasteiger partial charge in [0.25, 0.3) is 0 Å². The summed E-state index contributed by atoms with van der Waals surface area (Å²) in [4.78, 5) is 4.28. The smallest absolute Gasteiger partial charge is 0.147 e. The van der Waals surface area contributed by atoms with Crippen molar-refractivity contribution in [2.75, 3.05) is 0 Å². The van der Waals surface area contributed by atoms with E-state index in [-0.39, 0.29) is 0 Å². The zero-order valence-electron chi connectivity index (χ0n) is 10.1. The number of nitrogens with zero attached hydrogens (tertiary/aromatic N) is 1. The molecule has 100 valence electrons. The van der Waals surface area contributed by atoms with Crippen LogP contribution in [-0.4, -0.2) is 4.98 Å². The first-order valence-electron chi connectivity index (χ1n) is 5.81. The van der Waals surface area contributed by atoms with Crippen molar-refractivity contribution < 1.29 is 4.74 Å². The molecule has 0 atom stereocenters. The summed E-state index contributed by atoms with van der Waals surface area (Å²) in [5.41, 5.74) is 0.779. The van der Waals surface area contributed by atoms with Crippen molar-refractivity contribution in [1.82, 2.24) is 4.98 Å². The van der Waals surface area contributed by atoms with E-state index in [0.717, 1.165) is 15.4 Å². The summed E-state index contributed by atoms with van der Waals surface area (Å²) in [6, 6.07) is 12.7. The minimum absolute atomic E-state index is 0.548. The number of benzene rings is 2. The van der Waals surface area contributed by atoms with Gasteiger partial charge in [-0.3, -0.25) is 4.98 Å². The van der Waals surface area contributed by atoms with Crippen molar-refractivity contribution in [3.8, 4) is 11.5 Å². The van der Waals surface area contributed by atoms with E-state index in [9.17, 15) is 0 Å². The Bertz CT molecular complexity index is 792. The lowest BCUT2D eigenvalue weighted by Crippen LogP contribution is -1.88. The number of hydrogen-bond donors (Lipinski definition) is 0. The maximum Gasteiger partial charge on any atom is 0.147 e. The van der Waals surface area contributed by atoms with Gasteiger partial charge in [-0.2, -0.15) is 0 Å². The molecule has 20 heavy (non-hydrogen) atoms. The summed E-state index contributed by atoms with van der Waals surface area (Å²) in [5, 5.41) is 2.07. The zero-order chi connectivity index (χ0) is 14.1. The third kappa shape index (κ3) is 2.75. The fourth-order valence-electron chi connectivity index (χ4n) is 1.86. The number of aromatic nitrogens is 1. The fourth-order valence-corrected chi connectivity index (χ4v) is 2.52. The predicted molar refractivity (Wildman–Crippen MR) is 86.0 cm³/mol. The molecule has 0 aliphatic heterocycles. The number of rotatable bonds is 2. The largest absolute Gasteiger partial charge is 0.455 e. The molecule has 5 heteroatoms. The molecule has 3 aromatic rings. The summed E-state index contributed by atoms with van der Waals surface area (Å²) >= 11 is 15.5. The quantitative estimate of drug-likeness (QED) is 0.545. The van der Waals surface area contributed by atoms with Crippen LogP contribution in [0.4, 0.5) is 0 Å². The molecule has 0 saturated carbocycles. The van der Waals surface area contributed by atoms with Gasteiger partial charge in [0.15, 0.2) is 0 Å². The molecule has 3 rings (SSSR count). The molecule has 0 aliphatic carbocycles. The number of ether oxygens (including phenoxy) is 1. The van der Waals surface area contributed by atoms with Gasteiger partial charge in [-0.1, -0.05) is 39.1 Å². The van der Waals surface area contributed by atoms with Crippen molar-refractivity contribution in [2.45, 2.75) is 0 Å². The van der Waals surface area contributed by atoms with Crippen LogP contribution in [0.3, 0.4) is 0 Å². The summed E-state index contributed by atoms with van der Waals surface area (Å²) in [6.45, 7) is 0. The Kier molecular flexibility index (Phi) is 3.83. The lowest BCUT2D eigenvalue weighted by atomic mass is 10.2. The minimum Gasteiger partial charge on any atom is -0.455 e. The average molecular weight is 369 g/mol. The van der Waals surface area contributed by atoms with Crippen molar-refractivity contribution >= 4 is 50.0 Å². The molecular formula is C15H8BrCl2NO. The Labute approximate surface area is 134 Å². The van der Waals surface area contributed by atoms with Crippen molar-refractivity contribution in [3.63, 3.8) is 0 Å². The Morgan fingerprint density at radius 2 is 1.80 bits per heavy atom. The van der Waals surface area contributed by atoms with Crippen molar-refractivity contribution in [1.29, 1.82) is 0 Å². The highest BCUT2D eigenvalue weighted by Gasteiger charge is 2.08. The van der Waals surface area contributed by atoms with Crippen LogP contribution in [0.5, 0.6) is 11.5 Å². The maximum absolute atomic E-state index is 6.14. The van der Waals surface area contributed by atoms with Crippen LogP contribution in [0.2, 0.25) is 10.0 Å². The first-order chi connectivity index (χ1) is 9.63. The van der Waals surface area contributed by atoms with E-state index in [1.54, 1.807) is 30.5 Å². The number of hydrogen-bond acceptors (Lipinski definition) is 2. The summed E-state index contributed by atoms with van der Waals surface area (Å²) in [7, 11) is 0. The van der Waals surface area contributed by atoms with E-state index in [2.05, 4.69) is 20.9 Å². The van der Waals surface area contributed by atoms with E-state index in [4.69, 9.17) is 27.9 Å². The van der Waals surface area contributed by atoms with Gasteiger partial charge in [-0.25, -0.2) is 0 Å². The van der Waals surface area contributed by atoms with Crippen LogP contribution >= 0.6 is 39.1 Å². The molecule has 1 aromatic heterocycles. The normalized spacial score (nSPS) is 10.8. The molecule has 2 nitrogen and oxygen atoms in total. The average Bonchev–Trinajstić information content (AvgIpc) is 2.43. The van der Waals surface area contributed by atoms with Crippen LogP contribution in [0.15, 0.2) is 53.1 Å². The SMILES string of the molecule is Clc1ccc2c(Oc3cc(Br)ccc3Cl)ccnc2c1. The second kappa shape index (κ2) is 5.60. The van der Waals surface area contributed by atoms with Gasteiger partial charge in [0.05, 0.1) is 10.5 Å². The van der Waals surface area contributed by atoms with Gasteiger partial charge in [0.2, 0.25) is 0 Å². The molecule has 2 aromatic carbocycles. The van der Waals surface area contributed by atoms with E-state index < -0.39 is 0 Å². The first kappa shape index (κ1) is 13.7. The van der Waals surface area contributed by atoms with Gasteiger partial charge in [-0.05, 0) is 42.5 Å². The van der Waals surface area contributed by atoms with Crippen molar-refractivity contribution in [2.24, 2.45) is 0 Å². The number of halogens is 3. The summed E-state index contributed by atoms with van der Waals surface area (Å²) < 4.78 is 6.80. The Morgan fingerprint density at radius 1 is 0.950 bits per heavy atom. The Morgan fingerprint density at radius 3 is 2.65 bits per heavy atom. The molecule has 0 unspecified atom stereocenters. The highest BCUT2D eigenvalue weighted by atomic mass is 79.9. The Hall–Kier alpha value is -1.29. The lowest BCUT2D eigenvalue weighted by molar-refractivity contribution is 0.488. The highest BCUT2D eigenvalue weighted by molar-refractivity contribution is 9.10. The van der Waals surface area contributed by atoms with Crippen LogP contribution in [0, 0.1) is 0 Å². The minimum atomic E-state index is 0.548. The monoisotopic (exact) mass is 367 g/mol. The topological polar surface area (TPSA) is 22.1 Å². The fraction of sp³-hybridized carbons (Fsp3) is 0. The van der Waals surface area contributed by atoms with Gasteiger partial charge in [0, 0.05) is 21.1 Å². The molecule has 0 spiro atoms. The molecule has 0 radical (unpaired) electrons. The first-order valence-corrected chi connectivity index (χ1v) is 7.35. The van der Waals surface area contributed by atoms with Crippen molar-refractivity contribution in [3.05, 3.63) is 63.2 Å². The maximum atomic E-state index is 6.14. The van der Waals surface area contributed by atoms with Gasteiger partial charge >= 0.3 is 0 Å². The van der Waals surface area contributed by atoms with Gasteiger partial charge < -0.3 is 4.74 Å². The second-order valence-corrected chi connectivity index (χ2v) is 5.91. The molecular weight excluding hydrogens is 361 g/mol. The third-order valence-corrected chi connectivity index (χ3v) is 3.82. The third-order valence-electron chi connectivity index (χ3n) is 2.78. The van der Waals surface area contributed by atoms with E-state index >= 15 is 0 Å². The molecule has 0 saturated heterocycles. The van der Waals surface area contributed by atoms with Crippen LogP contribution in [0.25, 0.3) is 10.9 Å². The molecule has 0 amide bonds. The Balaban J connectivity index is 2.09. The van der Waals surface area contributed by atoms with E-state index in [0.29, 0.717) is 21.5 Å². The molecule has 0 aliphatic rings. The van der Waals surface area contributed by atoms with E-state index in [1.165, 1.54) is 0 Å². The predicted octanol–water partition coefficient (Wildman–Crippen LogP) is 6.10. The number of fused-ring (bicyclic) bond motifs is 1. The van der Waals surface area contributed by atoms with Gasteiger partial charge in [-0.15, -0.1) is 0 Å².